The Hall–Kier alpha value is -1.90. The van der Waals surface area contributed by atoms with Crippen molar-refractivity contribution in [2.75, 3.05) is 4.90 Å². The highest BCUT2D eigenvalue weighted by atomic mass is 16.2. The molecule has 1 aromatic carbocycles. The zero-order valence-electron chi connectivity index (χ0n) is 7.56. The van der Waals surface area contributed by atoms with E-state index in [-0.39, 0.29) is 18.2 Å². The number of para-hydroxylation sites is 1. The molecule has 0 aliphatic carbocycles. The van der Waals surface area contributed by atoms with Crippen LogP contribution in [-0.2, 0) is 9.59 Å². The van der Waals surface area contributed by atoms with Crippen molar-refractivity contribution in [1.29, 1.82) is 0 Å². The van der Waals surface area contributed by atoms with Gasteiger partial charge in [0.2, 0.25) is 5.91 Å². The van der Waals surface area contributed by atoms with Crippen molar-refractivity contribution < 1.29 is 9.59 Å². The molecular weight excluding hydrogens is 178 g/mol. The van der Waals surface area contributed by atoms with Crippen molar-refractivity contribution in [3.63, 3.8) is 0 Å². The van der Waals surface area contributed by atoms with Gasteiger partial charge in [0.05, 0.1) is 12.1 Å². The first kappa shape index (κ1) is 8.69. The monoisotopic (exact) mass is 187 g/mol. The van der Waals surface area contributed by atoms with Gasteiger partial charge in [-0.2, -0.15) is 0 Å². The van der Waals surface area contributed by atoms with Gasteiger partial charge in [0.1, 0.15) is 0 Å². The van der Waals surface area contributed by atoms with E-state index in [9.17, 15) is 9.59 Å². The predicted molar refractivity (Wildman–Crippen MR) is 52.7 cm³/mol. The van der Waals surface area contributed by atoms with Crippen LogP contribution in [0.2, 0.25) is 0 Å². The van der Waals surface area contributed by atoms with Gasteiger partial charge >= 0.3 is 0 Å². The Morgan fingerprint density at radius 1 is 1.14 bits per heavy atom. The molecule has 0 aromatic heterocycles. The molecule has 0 radical (unpaired) electrons. The SMILES string of the molecule is C=C1CC(=O)N(c2ccccc2)C1=O. The second-order valence-electron chi connectivity index (χ2n) is 3.15. The van der Waals surface area contributed by atoms with Crippen LogP contribution >= 0.6 is 0 Å². The lowest BCUT2D eigenvalue weighted by Gasteiger charge is -2.12. The smallest absolute Gasteiger partial charge is 0.260 e. The molecule has 0 atom stereocenters. The van der Waals surface area contributed by atoms with Crippen LogP contribution in [0.3, 0.4) is 0 Å². The van der Waals surface area contributed by atoms with Gasteiger partial charge in [0, 0.05) is 5.57 Å². The number of carbonyl (C=O) groups excluding carboxylic acids is 2. The molecule has 2 rings (SSSR count). The Morgan fingerprint density at radius 2 is 1.79 bits per heavy atom. The normalized spacial score (nSPS) is 16.6. The maximum absolute atomic E-state index is 11.5. The molecule has 1 aliphatic rings. The molecule has 1 saturated heterocycles. The van der Waals surface area contributed by atoms with Crippen LogP contribution in [0, 0.1) is 0 Å². The van der Waals surface area contributed by atoms with Gasteiger partial charge in [-0.25, -0.2) is 4.90 Å². The van der Waals surface area contributed by atoms with E-state index < -0.39 is 0 Å². The van der Waals surface area contributed by atoms with Crippen molar-refractivity contribution in [2.24, 2.45) is 0 Å². The minimum atomic E-state index is -0.291. The van der Waals surface area contributed by atoms with Crippen molar-refractivity contribution >= 4 is 17.5 Å². The molecule has 1 aliphatic heterocycles. The molecule has 3 nitrogen and oxygen atoms in total. The van der Waals surface area contributed by atoms with Crippen LogP contribution in [0.15, 0.2) is 42.5 Å². The number of imide groups is 1. The minimum absolute atomic E-state index is 0.133. The highest BCUT2D eigenvalue weighted by Gasteiger charge is 2.33. The summed E-state index contributed by atoms with van der Waals surface area (Å²) in [6.45, 7) is 3.55. The molecule has 14 heavy (non-hydrogen) atoms. The first-order valence-electron chi connectivity index (χ1n) is 4.30. The van der Waals surface area contributed by atoms with Gasteiger partial charge in [-0.1, -0.05) is 24.8 Å². The molecule has 0 unspecified atom stereocenters. The van der Waals surface area contributed by atoms with E-state index in [1.807, 2.05) is 6.07 Å². The molecule has 1 fully saturated rings. The molecule has 0 bridgehead atoms. The minimum Gasteiger partial charge on any atom is -0.274 e. The summed E-state index contributed by atoms with van der Waals surface area (Å²) in [6, 6.07) is 8.88. The van der Waals surface area contributed by atoms with Gasteiger partial charge in [0.15, 0.2) is 0 Å². The summed E-state index contributed by atoms with van der Waals surface area (Å²) < 4.78 is 0. The number of carbonyl (C=O) groups is 2. The molecule has 1 heterocycles. The highest BCUT2D eigenvalue weighted by molar-refractivity contribution is 6.27. The zero-order valence-corrected chi connectivity index (χ0v) is 7.56. The summed E-state index contributed by atoms with van der Waals surface area (Å²) in [7, 11) is 0. The van der Waals surface area contributed by atoms with Crippen LogP contribution in [0.5, 0.6) is 0 Å². The molecule has 2 amide bonds. The molecule has 70 valence electrons. The van der Waals surface area contributed by atoms with E-state index in [1.54, 1.807) is 24.3 Å². The molecule has 0 saturated carbocycles. The van der Waals surface area contributed by atoms with Crippen molar-refractivity contribution in [1.82, 2.24) is 0 Å². The van der Waals surface area contributed by atoms with Crippen LogP contribution in [-0.4, -0.2) is 11.8 Å². The van der Waals surface area contributed by atoms with Crippen molar-refractivity contribution in [2.45, 2.75) is 6.42 Å². The largest absolute Gasteiger partial charge is 0.274 e. The van der Waals surface area contributed by atoms with Crippen molar-refractivity contribution in [3.8, 4) is 0 Å². The van der Waals surface area contributed by atoms with E-state index in [0.717, 1.165) is 0 Å². The Balaban J connectivity index is 2.41. The standard InChI is InChI=1S/C11H9NO2/c1-8-7-10(13)12(11(8)14)9-5-3-2-4-6-9/h2-6H,1,7H2. The summed E-state index contributed by atoms with van der Waals surface area (Å²) in [6.07, 6.45) is 0.133. The Kier molecular flexibility index (Phi) is 1.93. The molecule has 0 spiro atoms. The average Bonchev–Trinajstić information content (AvgIpc) is 2.43. The maximum atomic E-state index is 11.5. The first-order valence-corrected chi connectivity index (χ1v) is 4.30. The Morgan fingerprint density at radius 3 is 2.29 bits per heavy atom. The van der Waals surface area contributed by atoms with E-state index >= 15 is 0 Å². The van der Waals surface area contributed by atoms with E-state index in [4.69, 9.17) is 0 Å². The fraction of sp³-hybridized carbons (Fsp3) is 0.0909. The number of hydrogen-bond acceptors (Lipinski definition) is 2. The summed E-state index contributed by atoms with van der Waals surface area (Å²) in [5.41, 5.74) is 0.972. The van der Waals surface area contributed by atoms with Crippen LogP contribution in [0.1, 0.15) is 6.42 Å². The third-order valence-corrected chi connectivity index (χ3v) is 2.13. The Bertz CT molecular complexity index is 409. The fourth-order valence-electron chi connectivity index (χ4n) is 1.45. The number of rotatable bonds is 1. The maximum Gasteiger partial charge on any atom is 0.260 e. The summed E-state index contributed by atoms with van der Waals surface area (Å²) in [4.78, 5) is 24.1. The number of amides is 2. The lowest BCUT2D eigenvalue weighted by atomic mass is 10.3. The van der Waals surface area contributed by atoms with E-state index in [2.05, 4.69) is 6.58 Å². The molecule has 1 aromatic rings. The number of anilines is 1. The second-order valence-corrected chi connectivity index (χ2v) is 3.15. The third-order valence-electron chi connectivity index (χ3n) is 2.13. The van der Waals surface area contributed by atoms with Crippen LogP contribution in [0.4, 0.5) is 5.69 Å². The van der Waals surface area contributed by atoms with Crippen LogP contribution < -0.4 is 4.90 Å². The van der Waals surface area contributed by atoms with E-state index in [1.165, 1.54) is 4.90 Å². The van der Waals surface area contributed by atoms with Gasteiger partial charge < -0.3 is 0 Å². The third kappa shape index (κ3) is 1.23. The number of nitrogens with zero attached hydrogens (tertiary/aromatic N) is 1. The summed E-state index contributed by atoms with van der Waals surface area (Å²) >= 11 is 0. The topological polar surface area (TPSA) is 37.4 Å². The number of benzene rings is 1. The first-order chi connectivity index (χ1) is 6.70. The van der Waals surface area contributed by atoms with Crippen molar-refractivity contribution in [3.05, 3.63) is 42.5 Å². The van der Waals surface area contributed by atoms with Gasteiger partial charge in [-0.05, 0) is 12.1 Å². The van der Waals surface area contributed by atoms with Gasteiger partial charge in [-0.3, -0.25) is 9.59 Å². The summed E-state index contributed by atoms with van der Waals surface area (Å²) in [5, 5.41) is 0. The van der Waals surface area contributed by atoms with Gasteiger partial charge in [-0.15, -0.1) is 0 Å². The fourth-order valence-corrected chi connectivity index (χ4v) is 1.45. The average molecular weight is 187 g/mol. The zero-order chi connectivity index (χ0) is 10.1. The quantitative estimate of drug-likeness (QED) is 0.493. The molecular formula is C11H9NO2. The highest BCUT2D eigenvalue weighted by Crippen LogP contribution is 2.24. The van der Waals surface area contributed by atoms with E-state index in [0.29, 0.717) is 11.3 Å². The van der Waals surface area contributed by atoms with Crippen LogP contribution in [0.25, 0.3) is 0 Å². The van der Waals surface area contributed by atoms with Gasteiger partial charge in [0.25, 0.3) is 5.91 Å². The predicted octanol–water partition coefficient (Wildman–Crippen LogP) is 1.51. The second kappa shape index (κ2) is 3.10. The molecule has 3 heteroatoms. The number of hydrogen-bond donors (Lipinski definition) is 0. The molecule has 0 N–H and O–H groups in total. The summed E-state index contributed by atoms with van der Waals surface area (Å²) in [5.74, 6) is -0.493. The Labute approximate surface area is 81.6 Å². The lowest BCUT2D eigenvalue weighted by molar-refractivity contribution is -0.120. The lowest BCUT2D eigenvalue weighted by Crippen LogP contribution is -2.28.